The van der Waals surface area contributed by atoms with Crippen LogP contribution in [0.5, 0.6) is 23.0 Å². The number of fused-ring (bicyclic) bond motifs is 1. The second kappa shape index (κ2) is 8.44. The first-order valence-corrected chi connectivity index (χ1v) is 8.30. The Morgan fingerprint density at radius 1 is 1.08 bits per heavy atom. The monoisotopic (exact) mass is 358 g/mol. The number of carbonyl (C=O) groups excluding carboxylic acids is 1. The molecule has 1 heterocycles. The van der Waals surface area contributed by atoms with Crippen molar-refractivity contribution >= 4 is 11.6 Å². The van der Waals surface area contributed by atoms with Crippen LogP contribution in [0.4, 0.5) is 5.69 Å². The van der Waals surface area contributed by atoms with Crippen LogP contribution in [0, 0.1) is 0 Å². The van der Waals surface area contributed by atoms with Gasteiger partial charge in [0.05, 0.1) is 19.9 Å². The number of carbonyl (C=O) groups is 1. The number of hydrogen-bond acceptors (Lipinski definition) is 6. The van der Waals surface area contributed by atoms with E-state index in [2.05, 4.69) is 10.6 Å². The third kappa shape index (κ3) is 4.37. The zero-order valence-electron chi connectivity index (χ0n) is 14.8. The van der Waals surface area contributed by atoms with E-state index in [9.17, 15) is 4.79 Å². The molecule has 1 amide bonds. The summed E-state index contributed by atoms with van der Waals surface area (Å²) < 4.78 is 21.1. The van der Waals surface area contributed by atoms with E-state index >= 15 is 0 Å². The van der Waals surface area contributed by atoms with Gasteiger partial charge in [-0.3, -0.25) is 4.79 Å². The molecule has 0 atom stereocenters. The Balaban J connectivity index is 1.44. The van der Waals surface area contributed by atoms with Crippen LogP contribution in [-0.4, -0.2) is 33.5 Å². The summed E-state index contributed by atoms with van der Waals surface area (Å²) in [4.78, 5) is 12.1. The maximum absolute atomic E-state index is 12.1. The summed E-state index contributed by atoms with van der Waals surface area (Å²) >= 11 is 0. The molecule has 26 heavy (non-hydrogen) atoms. The van der Waals surface area contributed by atoms with Crippen LogP contribution in [0.15, 0.2) is 36.4 Å². The molecule has 7 heteroatoms. The van der Waals surface area contributed by atoms with Gasteiger partial charge in [-0.1, -0.05) is 6.07 Å². The molecule has 138 valence electrons. The second-order valence-corrected chi connectivity index (χ2v) is 5.73. The van der Waals surface area contributed by atoms with E-state index in [0.717, 1.165) is 17.1 Å². The van der Waals surface area contributed by atoms with Gasteiger partial charge in [-0.15, -0.1) is 0 Å². The molecule has 0 unspecified atom stereocenters. The number of anilines is 1. The smallest absolute Gasteiger partial charge is 0.231 e. The van der Waals surface area contributed by atoms with Crippen LogP contribution in [0.1, 0.15) is 12.0 Å². The Hall–Kier alpha value is -2.93. The summed E-state index contributed by atoms with van der Waals surface area (Å²) in [5, 5.41) is 6.10. The highest BCUT2D eigenvalue weighted by atomic mass is 16.7. The molecule has 0 radical (unpaired) electrons. The third-order valence-corrected chi connectivity index (χ3v) is 3.98. The van der Waals surface area contributed by atoms with Crippen molar-refractivity contribution in [3.05, 3.63) is 42.0 Å². The van der Waals surface area contributed by atoms with Crippen molar-refractivity contribution < 1.29 is 23.7 Å². The number of rotatable bonds is 8. The molecule has 3 rings (SSSR count). The van der Waals surface area contributed by atoms with Crippen molar-refractivity contribution in [3.8, 4) is 23.0 Å². The Morgan fingerprint density at radius 3 is 2.73 bits per heavy atom. The quantitative estimate of drug-likeness (QED) is 0.706. The lowest BCUT2D eigenvalue weighted by molar-refractivity contribution is -0.116. The lowest BCUT2D eigenvalue weighted by atomic mass is 10.2. The van der Waals surface area contributed by atoms with Crippen LogP contribution in [-0.2, 0) is 11.3 Å². The molecule has 0 fully saturated rings. The van der Waals surface area contributed by atoms with Gasteiger partial charge in [0.2, 0.25) is 12.7 Å². The molecule has 2 N–H and O–H groups in total. The van der Waals surface area contributed by atoms with Crippen LogP contribution < -0.4 is 29.6 Å². The molecule has 0 saturated carbocycles. The fourth-order valence-electron chi connectivity index (χ4n) is 2.60. The minimum Gasteiger partial charge on any atom is -0.497 e. The van der Waals surface area contributed by atoms with Gasteiger partial charge in [-0.2, -0.15) is 0 Å². The van der Waals surface area contributed by atoms with Crippen LogP contribution in [0.3, 0.4) is 0 Å². The molecule has 0 aromatic heterocycles. The summed E-state index contributed by atoms with van der Waals surface area (Å²) in [5.41, 5.74) is 1.69. The van der Waals surface area contributed by atoms with Crippen molar-refractivity contribution in [3.63, 3.8) is 0 Å². The van der Waals surface area contributed by atoms with Gasteiger partial charge in [0.15, 0.2) is 11.5 Å². The van der Waals surface area contributed by atoms with E-state index < -0.39 is 0 Å². The van der Waals surface area contributed by atoms with Gasteiger partial charge < -0.3 is 29.6 Å². The summed E-state index contributed by atoms with van der Waals surface area (Å²) in [7, 11) is 3.14. The zero-order valence-corrected chi connectivity index (χ0v) is 14.8. The zero-order chi connectivity index (χ0) is 18.4. The summed E-state index contributed by atoms with van der Waals surface area (Å²) in [6, 6.07) is 11.1. The minimum atomic E-state index is -0.0911. The van der Waals surface area contributed by atoms with E-state index in [-0.39, 0.29) is 12.7 Å². The molecule has 1 aliphatic heterocycles. The van der Waals surface area contributed by atoms with Gasteiger partial charge in [0, 0.05) is 25.6 Å². The predicted molar refractivity (Wildman–Crippen MR) is 97.1 cm³/mol. The number of benzene rings is 2. The Morgan fingerprint density at radius 2 is 1.92 bits per heavy atom. The SMILES string of the molecule is COc1ccc(NC(=O)CCNCc2ccc3c(c2)OCO3)c(OC)c1. The highest BCUT2D eigenvalue weighted by Crippen LogP contribution is 2.32. The average Bonchev–Trinajstić information content (AvgIpc) is 3.13. The fourth-order valence-corrected chi connectivity index (χ4v) is 2.60. The lowest BCUT2D eigenvalue weighted by Crippen LogP contribution is -2.21. The lowest BCUT2D eigenvalue weighted by Gasteiger charge is -2.12. The van der Waals surface area contributed by atoms with Crippen LogP contribution in [0.25, 0.3) is 0 Å². The largest absolute Gasteiger partial charge is 0.497 e. The second-order valence-electron chi connectivity index (χ2n) is 5.73. The first-order valence-electron chi connectivity index (χ1n) is 8.30. The number of amides is 1. The van der Waals surface area contributed by atoms with Gasteiger partial charge in [0.25, 0.3) is 0 Å². The molecule has 0 saturated heterocycles. The molecule has 7 nitrogen and oxygen atoms in total. The van der Waals surface area contributed by atoms with Gasteiger partial charge >= 0.3 is 0 Å². The topological polar surface area (TPSA) is 78.1 Å². The van der Waals surface area contributed by atoms with Crippen LogP contribution >= 0.6 is 0 Å². The van der Waals surface area contributed by atoms with E-state index in [1.165, 1.54) is 0 Å². The number of nitrogens with one attached hydrogen (secondary N) is 2. The molecule has 0 aliphatic carbocycles. The maximum atomic E-state index is 12.1. The summed E-state index contributed by atoms with van der Waals surface area (Å²) in [6.07, 6.45) is 0.347. The number of methoxy groups -OCH3 is 2. The standard InChI is InChI=1S/C19H22N2O5/c1-23-14-4-5-15(17(10-14)24-2)21-19(22)7-8-20-11-13-3-6-16-18(9-13)26-12-25-16/h3-6,9-10,20H,7-8,11-12H2,1-2H3,(H,21,22). The van der Waals surface area contributed by atoms with Crippen molar-refractivity contribution in [2.75, 3.05) is 32.9 Å². The molecule has 2 aromatic carbocycles. The molecule has 1 aliphatic rings. The Labute approximate surface area is 152 Å². The van der Waals surface area contributed by atoms with E-state index in [4.69, 9.17) is 18.9 Å². The van der Waals surface area contributed by atoms with Gasteiger partial charge in [-0.05, 0) is 29.8 Å². The van der Waals surface area contributed by atoms with Crippen molar-refractivity contribution in [1.29, 1.82) is 0 Å². The molecular formula is C19H22N2O5. The maximum Gasteiger partial charge on any atom is 0.231 e. The summed E-state index contributed by atoms with van der Waals surface area (Å²) in [6.45, 7) is 1.47. The van der Waals surface area contributed by atoms with E-state index in [1.54, 1.807) is 32.4 Å². The minimum absolute atomic E-state index is 0.0911. The van der Waals surface area contributed by atoms with Crippen molar-refractivity contribution in [2.24, 2.45) is 0 Å². The third-order valence-electron chi connectivity index (χ3n) is 3.98. The molecule has 0 bridgehead atoms. The normalized spacial score (nSPS) is 11.9. The average molecular weight is 358 g/mol. The highest BCUT2D eigenvalue weighted by molar-refractivity contribution is 5.92. The number of ether oxygens (including phenoxy) is 4. The molecule has 0 spiro atoms. The number of hydrogen-bond donors (Lipinski definition) is 2. The molecular weight excluding hydrogens is 336 g/mol. The summed E-state index contributed by atoms with van der Waals surface area (Å²) in [5.74, 6) is 2.66. The Kier molecular flexibility index (Phi) is 5.80. The van der Waals surface area contributed by atoms with E-state index in [0.29, 0.717) is 36.7 Å². The van der Waals surface area contributed by atoms with Crippen molar-refractivity contribution in [1.82, 2.24) is 5.32 Å². The molecule has 2 aromatic rings. The first-order chi connectivity index (χ1) is 12.7. The van der Waals surface area contributed by atoms with Crippen LogP contribution in [0.2, 0.25) is 0 Å². The van der Waals surface area contributed by atoms with E-state index in [1.807, 2.05) is 18.2 Å². The van der Waals surface area contributed by atoms with Gasteiger partial charge in [-0.25, -0.2) is 0 Å². The fraction of sp³-hybridized carbons (Fsp3) is 0.316. The highest BCUT2D eigenvalue weighted by Gasteiger charge is 2.13. The first kappa shape index (κ1) is 17.9. The van der Waals surface area contributed by atoms with Gasteiger partial charge in [0.1, 0.15) is 11.5 Å². The predicted octanol–water partition coefficient (Wildman–Crippen LogP) is 2.55. The van der Waals surface area contributed by atoms with Crippen molar-refractivity contribution in [2.45, 2.75) is 13.0 Å². The Bertz CT molecular complexity index is 779.